The van der Waals surface area contributed by atoms with Gasteiger partial charge in [-0.05, 0) is 47.5 Å². The van der Waals surface area contributed by atoms with Crippen LogP contribution in [0.3, 0.4) is 0 Å². The number of aryl methyl sites for hydroxylation is 1. The van der Waals surface area contributed by atoms with Gasteiger partial charge in [0.15, 0.2) is 23.0 Å². The zero-order chi connectivity index (χ0) is 21.3. The number of hydrogen-bond acceptors (Lipinski definition) is 7. The van der Waals surface area contributed by atoms with Crippen LogP contribution in [0, 0.1) is 6.92 Å². The Hall–Kier alpha value is -3.61. The second kappa shape index (κ2) is 7.79. The van der Waals surface area contributed by atoms with Crippen molar-refractivity contribution in [1.82, 2.24) is 0 Å². The second-order valence-electron chi connectivity index (χ2n) is 6.52. The summed E-state index contributed by atoms with van der Waals surface area (Å²) in [5.74, 6) is -0.646. The van der Waals surface area contributed by atoms with Gasteiger partial charge in [-0.3, -0.25) is 14.4 Å². The lowest BCUT2D eigenvalue weighted by molar-refractivity contribution is -0.134. The van der Waals surface area contributed by atoms with Gasteiger partial charge in [-0.25, -0.2) is 0 Å². The van der Waals surface area contributed by atoms with E-state index in [0.717, 1.165) is 16.3 Å². The maximum atomic E-state index is 11.7. The highest BCUT2D eigenvalue weighted by molar-refractivity contribution is 6.07. The SMILES string of the molecule is COc1c(OC(C)=O)cc(C)c2cc3ccc(OC(C)=O)c(OC(C)=O)c3cc12. The molecule has 0 atom stereocenters. The molecule has 0 heterocycles. The predicted octanol–water partition coefficient (Wildman–Crippen LogP) is 4.09. The third kappa shape index (κ3) is 3.99. The Morgan fingerprint density at radius 1 is 0.690 bits per heavy atom. The second-order valence-corrected chi connectivity index (χ2v) is 6.52. The summed E-state index contributed by atoms with van der Waals surface area (Å²) < 4.78 is 21.4. The molecule has 0 radical (unpaired) electrons. The van der Waals surface area contributed by atoms with E-state index in [0.29, 0.717) is 16.5 Å². The Morgan fingerprint density at radius 2 is 1.31 bits per heavy atom. The lowest BCUT2D eigenvalue weighted by Gasteiger charge is -2.16. The molecule has 3 aromatic carbocycles. The highest BCUT2D eigenvalue weighted by atomic mass is 16.6. The van der Waals surface area contributed by atoms with E-state index < -0.39 is 17.9 Å². The van der Waals surface area contributed by atoms with Gasteiger partial charge in [0.05, 0.1) is 7.11 Å². The molecule has 0 aliphatic heterocycles. The highest BCUT2D eigenvalue weighted by Crippen LogP contribution is 2.43. The minimum Gasteiger partial charge on any atom is -0.492 e. The van der Waals surface area contributed by atoms with Gasteiger partial charge in [-0.1, -0.05) is 6.07 Å². The molecular weight excluding hydrogens is 376 g/mol. The minimum atomic E-state index is -0.553. The van der Waals surface area contributed by atoms with Gasteiger partial charge in [-0.15, -0.1) is 0 Å². The Kier molecular flexibility index (Phi) is 5.41. The van der Waals surface area contributed by atoms with E-state index >= 15 is 0 Å². The predicted molar refractivity (Wildman–Crippen MR) is 107 cm³/mol. The zero-order valence-electron chi connectivity index (χ0n) is 16.7. The first-order valence-electron chi connectivity index (χ1n) is 8.84. The van der Waals surface area contributed by atoms with Crippen LogP contribution in [0.25, 0.3) is 21.5 Å². The number of fused-ring (bicyclic) bond motifs is 2. The summed E-state index contributed by atoms with van der Waals surface area (Å²) in [6.07, 6.45) is 0. The van der Waals surface area contributed by atoms with Crippen LogP contribution < -0.4 is 18.9 Å². The van der Waals surface area contributed by atoms with Crippen molar-refractivity contribution in [3.8, 4) is 23.0 Å². The van der Waals surface area contributed by atoms with Crippen LogP contribution in [0.4, 0.5) is 0 Å². The quantitative estimate of drug-likeness (QED) is 0.373. The highest BCUT2D eigenvalue weighted by Gasteiger charge is 2.19. The van der Waals surface area contributed by atoms with E-state index in [1.165, 1.54) is 27.9 Å². The van der Waals surface area contributed by atoms with Gasteiger partial charge in [0, 0.05) is 31.5 Å². The third-order valence-corrected chi connectivity index (χ3v) is 4.27. The maximum Gasteiger partial charge on any atom is 0.308 e. The topological polar surface area (TPSA) is 88.1 Å². The first-order valence-corrected chi connectivity index (χ1v) is 8.84. The van der Waals surface area contributed by atoms with E-state index in [1.807, 2.05) is 13.0 Å². The number of esters is 3. The Balaban J connectivity index is 2.40. The molecule has 3 rings (SSSR count). The van der Waals surface area contributed by atoms with Crippen molar-refractivity contribution in [3.63, 3.8) is 0 Å². The third-order valence-electron chi connectivity index (χ3n) is 4.27. The summed E-state index contributed by atoms with van der Waals surface area (Å²) >= 11 is 0. The van der Waals surface area contributed by atoms with E-state index in [2.05, 4.69) is 0 Å². The van der Waals surface area contributed by atoms with Crippen molar-refractivity contribution in [2.75, 3.05) is 7.11 Å². The molecule has 7 heteroatoms. The molecule has 0 fully saturated rings. The van der Waals surface area contributed by atoms with Gasteiger partial charge >= 0.3 is 17.9 Å². The van der Waals surface area contributed by atoms with E-state index in [-0.39, 0.29) is 17.2 Å². The number of rotatable bonds is 4. The smallest absolute Gasteiger partial charge is 0.308 e. The van der Waals surface area contributed by atoms with Crippen molar-refractivity contribution < 1.29 is 33.3 Å². The number of ether oxygens (including phenoxy) is 4. The molecule has 7 nitrogen and oxygen atoms in total. The van der Waals surface area contributed by atoms with Crippen LogP contribution in [0.15, 0.2) is 30.3 Å². The van der Waals surface area contributed by atoms with E-state index in [4.69, 9.17) is 18.9 Å². The molecule has 0 saturated heterocycles. The maximum absolute atomic E-state index is 11.7. The normalized spacial score (nSPS) is 10.7. The Bertz CT molecular complexity index is 1160. The molecule has 0 unspecified atom stereocenters. The summed E-state index contributed by atoms with van der Waals surface area (Å²) in [5.41, 5.74) is 0.872. The molecule has 0 spiro atoms. The van der Waals surface area contributed by atoms with Crippen molar-refractivity contribution in [2.45, 2.75) is 27.7 Å². The lowest BCUT2D eigenvalue weighted by atomic mass is 9.98. The average Bonchev–Trinajstić information content (AvgIpc) is 2.62. The molecule has 150 valence electrons. The first-order chi connectivity index (χ1) is 13.7. The molecule has 0 aliphatic rings. The van der Waals surface area contributed by atoms with Gasteiger partial charge in [0.1, 0.15) is 0 Å². The first kappa shape index (κ1) is 20.1. The monoisotopic (exact) mass is 396 g/mol. The van der Waals surface area contributed by atoms with Crippen LogP contribution in [-0.4, -0.2) is 25.0 Å². The summed E-state index contributed by atoms with van der Waals surface area (Å²) in [6.45, 7) is 5.73. The Labute approximate surface area is 167 Å². The summed E-state index contributed by atoms with van der Waals surface area (Å²) in [4.78, 5) is 34.6. The van der Waals surface area contributed by atoms with Crippen molar-refractivity contribution in [1.29, 1.82) is 0 Å². The molecule has 0 aromatic heterocycles. The fraction of sp³-hybridized carbons (Fsp3) is 0.227. The number of hydrogen-bond donors (Lipinski definition) is 0. The standard InChI is InChI=1S/C22H20O7/c1-11-8-20(28-13(3)24)21(26-5)18-10-17-15(9-16(11)18)6-7-19(27-12(2)23)22(17)29-14(4)25/h6-10H,1-5H3. The fourth-order valence-corrected chi connectivity index (χ4v) is 3.24. The van der Waals surface area contributed by atoms with E-state index in [1.54, 1.807) is 24.3 Å². The van der Waals surface area contributed by atoms with Crippen LogP contribution in [0.1, 0.15) is 26.3 Å². The van der Waals surface area contributed by atoms with Crippen molar-refractivity contribution in [2.24, 2.45) is 0 Å². The molecule has 29 heavy (non-hydrogen) atoms. The largest absolute Gasteiger partial charge is 0.492 e. The van der Waals surface area contributed by atoms with Crippen LogP contribution in [0.5, 0.6) is 23.0 Å². The average molecular weight is 396 g/mol. The number of carbonyl (C=O) groups is 3. The number of benzene rings is 3. The minimum absolute atomic E-state index is 0.129. The van der Waals surface area contributed by atoms with Gasteiger partial charge in [-0.2, -0.15) is 0 Å². The van der Waals surface area contributed by atoms with E-state index in [9.17, 15) is 14.4 Å². The molecule has 3 aromatic rings. The van der Waals surface area contributed by atoms with Crippen LogP contribution in [-0.2, 0) is 14.4 Å². The van der Waals surface area contributed by atoms with Crippen molar-refractivity contribution in [3.05, 3.63) is 35.9 Å². The molecular formula is C22H20O7. The zero-order valence-corrected chi connectivity index (χ0v) is 16.7. The van der Waals surface area contributed by atoms with Crippen molar-refractivity contribution >= 4 is 39.5 Å². The summed E-state index contributed by atoms with van der Waals surface area (Å²) in [5, 5.41) is 2.85. The molecule has 0 aliphatic carbocycles. The Morgan fingerprint density at radius 3 is 1.90 bits per heavy atom. The fourth-order valence-electron chi connectivity index (χ4n) is 3.24. The molecule has 0 N–H and O–H groups in total. The van der Waals surface area contributed by atoms with Gasteiger partial charge in [0.2, 0.25) is 0 Å². The summed E-state index contributed by atoms with van der Waals surface area (Å²) in [6, 6.07) is 8.74. The molecule has 0 bridgehead atoms. The van der Waals surface area contributed by atoms with Gasteiger partial charge in [0.25, 0.3) is 0 Å². The molecule has 0 amide bonds. The number of methoxy groups -OCH3 is 1. The van der Waals surface area contributed by atoms with Crippen LogP contribution in [0.2, 0.25) is 0 Å². The van der Waals surface area contributed by atoms with Gasteiger partial charge < -0.3 is 18.9 Å². The number of carbonyl (C=O) groups excluding carboxylic acids is 3. The lowest BCUT2D eigenvalue weighted by Crippen LogP contribution is -2.07. The summed E-state index contributed by atoms with van der Waals surface area (Å²) in [7, 11) is 1.48. The van der Waals surface area contributed by atoms with Crippen LogP contribution >= 0.6 is 0 Å². The molecule has 0 saturated carbocycles.